The molecule has 0 aromatic heterocycles. The predicted octanol–water partition coefficient (Wildman–Crippen LogP) is 12.8. The third-order valence-corrected chi connectivity index (χ3v) is 20.6. The second-order valence-corrected chi connectivity index (χ2v) is 22.9. The molecule has 4 aromatic rings. The molecule has 4 aromatic carbocycles. The molecule has 0 heterocycles. The monoisotopic (exact) mass is 754 g/mol. The molecule has 0 saturated heterocycles. The van der Waals surface area contributed by atoms with Crippen molar-refractivity contribution in [2.45, 2.75) is 101 Å². The van der Waals surface area contributed by atoms with Crippen LogP contribution in [-0.2, 0) is 42.9 Å². The number of halogens is 2. The van der Waals surface area contributed by atoms with E-state index in [-0.39, 0.29) is 46.5 Å². The molecule has 2 aliphatic rings. The number of benzene rings is 4. The second kappa shape index (κ2) is 14.1. The van der Waals surface area contributed by atoms with Gasteiger partial charge in [0, 0.05) is 0 Å². The SMILES string of the molecule is CC(C)(C)c1ccc2c(c1)[CH]([Zr]([C]1=CC=CC1)=[C](C(C)(C)c1ccccc1)C(C)(C)c1ccccc1)c1cc(C(C)(C)C)ccc1-2.Cl.Cl. The minimum absolute atomic E-state index is 0. The zero-order chi connectivity index (χ0) is 33.1. The van der Waals surface area contributed by atoms with Gasteiger partial charge in [-0.3, -0.25) is 0 Å². The van der Waals surface area contributed by atoms with Crippen molar-refractivity contribution in [3.8, 4) is 11.1 Å². The summed E-state index contributed by atoms with van der Waals surface area (Å²) in [6.07, 6.45) is 8.35. The summed E-state index contributed by atoms with van der Waals surface area (Å²) in [7, 11) is 0. The Morgan fingerprint density at radius 1 is 0.542 bits per heavy atom. The van der Waals surface area contributed by atoms with Gasteiger partial charge < -0.3 is 0 Å². The van der Waals surface area contributed by atoms with E-state index in [1.165, 1.54) is 33.4 Å². The van der Waals surface area contributed by atoms with E-state index in [0.29, 0.717) is 3.63 Å². The Hall–Kier alpha value is -2.31. The average molecular weight is 757 g/mol. The van der Waals surface area contributed by atoms with Crippen molar-refractivity contribution in [1.29, 1.82) is 0 Å². The fraction of sp³-hybridized carbons (Fsp3) is 0.356. The van der Waals surface area contributed by atoms with Gasteiger partial charge in [0.15, 0.2) is 0 Å². The fourth-order valence-corrected chi connectivity index (χ4v) is 18.7. The Morgan fingerprint density at radius 3 is 1.31 bits per heavy atom. The molecule has 0 atom stereocenters. The molecule has 2 aliphatic carbocycles. The quantitative estimate of drug-likeness (QED) is 0.184. The van der Waals surface area contributed by atoms with E-state index in [9.17, 15) is 0 Å². The third-order valence-electron chi connectivity index (χ3n) is 10.7. The third kappa shape index (κ3) is 7.00. The zero-order valence-electron chi connectivity index (χ0n) is 30.6. The molecule has 0 unspecified atom stereocenters. The van der Waals surface area contributed by atoms with E-state index in [1.54, 1.807) is 17.6 Å². The number of hydrogen-bond acceptors (Lipinski definition) is 0. The summed E-state index contributed by atoms with van der Waals surface area (Å²) in [5.74, 6) is 0. The molecule has 252 valence electrons. The average Bonchev–Trinajstić information content (AvgIpc) is 3.66. The van der Waals surface area contributed by atoms with E-state index < -0.39 is 21.3 Å². The predicted molar refractivity (Wildman–Crippen MR) is 211 cm³/mol. The van der Waals surface area contributed by atoms with Crippen LogP contribution in [0.3, 0.4) is 0 Å². The van der Waals surface area contributed by atoms with Gasteiger partial charge in [-0.2, -0.15) is 0 Å². The summed E-state index contributed by atoms with van der Waals surface area (Å²) in [5.41, 5.74) is 11.7. The van der Waals surface area contributed by atoms with Crippen LogP contribution in [0.4, 0.5) is 0 Å². The van der Waals surface area contributed by atoms with Gasteiger partial charge in [0.2, 0.25) is 0 Å². The van der Waals surface area contributed by atoms with Crippen LogP contribution in [0.25, 0.3) is 11.1 Å². The van der Waals surface area contributed by atoms with Crippen LogP contribution in [-0.4, -0.2) is 3.21 Å². The zero-order valence-corrected chi connectivity index (χ0v) is 34.7. The van der Waals surface area contributed by atoms with Crippen LogP contribution < -0.4 is 0 Å². The molecule has 6 rings (SSSR count). The Morgan fingerprint density at radius 2 is 0.958 bits per heavy atom. The van der Waals surface area contributed by atoms with Crippen LogP contribution in [0.2, 0.25) is 0 Å². The summed E-state index contributed by atoms with van der Waals surface area (Å²) in [6, 6.07) is 37.7. The van der Waals surface area contributed by atoms with Gasteiger partial charge in [0.25, 0.3) is 0 Å². The summed E-state index contributed by atoms with van der Waals surface area (Å²) < 4.78 is 3.90. The van der Waals surface area contributed by atoms with Gasteiger partial charge in [-0.1, -0.05) is 0 Å². The van der Waals surface area contributed by atoms with E-state index in [1.807, 2.05) is 0 Å². The van der Waals surface area contributed by atoms with Crippen molar-refractivity contribution < 1.29 is 21.3 Å². The van der Waals surface area contributed by atoms with Crippen molar-refractivity contribution in [3.05, 3.63) is 152 Å². The molecule has 0 amide bonds. The van der Waals surface area contributed by atoms with Gasteiger partial charge in [-0.15, -0.1) is 24.8 Å². The van der Waals surface area contributed by atoms with Crippen molar-refractivity contribution in [1.82, 2.24) is 0 Å². The van der Waals surface area contributed by atoms with Crippen LogP contribution in [0.5, 0.6) is 0 Å². The van der Waals surface area contributed by atoms with Crippen LogP contribution in [0.15, 0.2) is 119 Å². The van der Waals surface area contributed by atoms with E-state index >= 15 is 0 Å². The number of fused-ring (bicyclic) bond motifs is 3. The Kier molecular flexibility index (Phi) is 11.3. The van der Waals surface area contributed by atoms with Crippen LogP contribution >= 0.6 is 24.8 Å². The molecule has 0 aliphatic heterocycles. The summed E-state index contributed by atoms with van der Waals surface area (Å²) in [6.45, 7) is 24.3. The molecular formula is C45H54Cl2Zr. The molecule has 0 bridgehead atoms. The molecule has 48 heavy (non-hydrogen) atoms. The maximum absolute atomic E-state index is 2.85. The standard InChI is InChI=1S/C21H25.C19H22.C5H5.2ClH.Zr/c1-20(2,3)16-7-9-18-14(12-16)11-15-13-17(21(4,5)6)8-10-19(15)18;1-18(2,16-11-7-5-8-12-16)15-19(3,4)17-13-9-6-10-14-17;1-2-4-5-3-1;;;/h7-13H,1-6H3;5-14H,1-4H3;1-3H,4H2;2*1H;. The van der Waals surface area contributed by atoms with Crippen molar-refractivity contribution in [2.24, 2.45) is 0 Å². The smallest absolute Gasteiger partial charge is 0.147 e. The minimum Gasteiger partial charge on any atom is -0.147 e. The number of allylic oxidation sites excluding steroid dienone is 4. The van der Waals surface area contributed by atoms with Gasteiger partial charge in [0.1, 0.15) is 0 Å². The molecule has 0 spiro atoms. The van der Waals surface area contributed by atoms with Gasteiger partial charge in [-0.05, 0) is 0 Å². The molecule has 0 nitrogen and oxygen atoms in total. The first kappa shape index (κ1) is 38.5. The Balaban J connectivity index is 0.00000260. The molecule has 0 saturated carbocycles. The van der Waals surface area contributed by atoms with Gasteiger partial charge >= 0.3 is 288 Å². The van der Waals surface area contributed by atoms with Crippen molar-refractivity contribution >= 4 is 28.0 Å². The Labute approximate surface area is 311 Å². The topological polar surface area (TPSA) is 0 Å². The van der Waals surface area contributed by atoms with E-state index in [4.69, 9.17) is 0 Å². The molecule has 3 heteroatoms. The maximum atomic E-state index is 2.61. The van der Waals surface area contributed by atoms with Gasteiger partial charge in [-0.25, -0.2) is 0 Å². The number of rotatable bonds is 6. The Bertz CT molecular complexity index is 1740. The maximum Gasteiger partial charge on any atom is -0.147 e. The molecule has 0 radical (unpaired) electrons. The van der Waals surface area contributed by atoms with E-state index in [0.717, 1.165) is 6.42 Å². The van der Waals surface area contributed by atoms with Gasteiger partial charge in [0.05, 0.1) is 0 Å². The first-order chi connectivity index (χ1) is 21.6. The normalized spacial score (nSPS) is 14.4. The molecule has 0 N–H and O–H groups in total. The van der Waals surface area contributed by atoms with Crippen molar-refractivity contribution in [3.63, 3.8) is 0 Å². The molecule has 0 fully saturated rings. The fourth-order valence-electron chi connectivity index (χ4n) is 8.10. The molecular weight excluding hydrogens is 703 g/mol. The number of hydrogen-bond donors (Lipinski definition) is 0. The van der Waals surface area contributed by atoms with Crippen LogP contribution in [0, 0.1) is 0 Å². The van der Waals surface area contributed by atoms with E-state index in [2.05, 4.69) is 185 Å². The largest absolute Gasteiger partial charge is 0.147 e. The van der Waals surface area contributed by atoms with Crippen LogP contribution in [0.1, 0.15) is 113 Å². The minimum atomic E-state index is -2.85. The summed E-state index contributed by atoms with van der Waals surface area (Å²) >= 11 is -2.85. The first-order valence-electron chi connectivity index (χ1n) is 17.1. The first-order valence-corrected chi connectivity index (χ1v) is 21.0. The van der Waals surface area contributed by atoms with Crippen molar-refractivity contribution in [2.75, 3.05) is 0 Å². The second-order valence-electron chi connectivity index (χ2n) is 16.6. The summed E-state index contributed by atoms with van der Waals surface area (Å²) in [4.78, 5) is 0. The summed E-state index contributed by atoms with van der Waals surface area (Å²) in [5, 5.41) is 0.